The van der Waals surface area contributed by atoms with Gasteiger partial charge in [0.05, 0.1) is 43.2 Å². The monoisotopic (exact) mass is 665 g/mol. The number of aromatic nitrogens is 2. The van der Waals surface area contributed by atoms with Gasteiger partial charge in [-0.1, -0.05) is 17.7 Å². The molecule has 46 heavy (non-hydrogen) atoms. The van der Waals surface area contributed by atoms with E-state index in [1.54, 1.807) is 29.4 Å². The lowest BCUT2D eigenvalue weighted by Gasteiger charge is -2.43. The molecule has 3 aliphatic rings. The first kappa shape index (κ1) is 34.7. The zero-order valence-electron chi connectivity index (χ0n) is 25.8. The summed E-state index contributed by atoms with van der Waals surface area (Å²) in [7, 11) is 0. The van der Waals surface area contributed by atoms with E-state index in [0.717, 1.165) is 44.7 Å². The molecule has 4 atom stereocenters. The topological polar surface area (TPSA) is 172 Å². The van der Waals surface area contributed by atoms with Gasteiger partial charge in [0.15, 0.2) is 0 Å². The normalized spacial score (nSPS) is 23.3. The van der Waals surface area contributed by atoms with Crippen LogP contribution in [0.15, 0.2) is 30.6 Å². The number of piperidine rings is 1. The molecule has 1 aliphatic carbocycles. The predicted octanol–water partition coefficient (Wildman–Crippen LogP) is 0.617. The number of nitrogens with one attached hydrogen (secondary N) is 1. The van der Waals surface area contributed by atoms with Gasteiger partial charge in [0.25, 0.3) is 0 Å². The van der Waals surface area contributed by atoms with Gasteiger partial charge in [0.1, 0.15) is 29.9 Å². The third kappa shape index (κ3) is 8.82. The minimum absolute atomic E-state index is 0.0385. The number of likely N-dealkylation sites (tertiary alicyclic amines) is 1. The SMILES string of the molecule is O=C(Cc1ccc(OCC2CC(C3CCN(c4ncc(Cl)cn4)CC3)C2)cc1F)N1CC(CNCC(O)C(O)C(O)C(O)CO)C1. The summed E-state index contributed by atoms with van der Waals surface area (Å²) in [5.74, 6) is 2.53. The highest BCUT2D eigenvalue weighted by Crippen LogP contribution is 2.43. The maximum Gasteiger partial charge on any atom is 0.227 e. The van der Waals surface area contributed by atoms with Gasteiger partial charge in [0.2, 0.25) is 11.9 Å². The molecule has 6 N–H and O–H groups in total. The summed E-state index contributed by atoms with van der Waals surface area (Å²) in [5, 5.41) is 51.3. The number of aliphatic hydroxyl groups is 5. The second-order valence-electron chi connectivity index (χ2n) is 13.0. The van der Waals surface area contributed by atoms with Crippen LogP contribution in [0, 0.1) is 29.5 Å². The number of ether oxygens (including phenoxy) is 1. The fourth-order valence-electron chi connectivity index (χ4n) is 6.62. The lowest BCUT2D eigenvalue weighted by Crippen LogP contribution is -2.55. The molecule has 1 aromatic heterocycles. The van der Waals surface area contributed by atoms with Gasteiger partial charge in [-0.3, -0.25) is 4.79 Å². The number of amides is 1. The Kier molecular flexibility index (Phi) is 12.0. The Morgan fingerprint density at radius 2 is 1.70 bits per heavy atom. The van der Waals surface area contributed by atoms with E-state index in [0.29, 0.717) is 60.3 Å². The molecule has 0 radical (unpaired) electrons. The van der Waals surface area contributed by atoms with Crippen molar-refractivity contribution in [1.82, 2.24) is 20.2 Å². The molecular formula is C32H45ClFN5O7. The van der Waals surface area contributed by atoms with Crippen LogP contribution in [0.2, 0.25) is 5.02 Å². The largest absolute Gasteiger partial charge is 0.493 e. The van der Waals surface area contributed by atoms with Crippen LogP contribution in [0.25, 0.3) is 0 Å². The third-order valence-electron chi connectivity index (χ3n) is 9.64. The van der Waals surface area contributed by atoms with E-state index in [-0.39, 0.29) is 24.8 Å². The number of carbonyl (C=O) groups excluding carboxylic acids is 1. The Balaban J connectivity index is 0.946. The van der Waals surface area contributed by atoms with Gasteiger partial charge < -0.3 is 45.4 Å². The number of benzene rings is 1. The molecular weight excluding hydrogens is 621 g/mol. The second kappa shape index (κ2) is 16.0. The number of anilines is 1. The van der Waals surface area contributed by atoms with E-state index < -0.39 is 36.8 Å². The van der Waals surface area contributed by atoms with E-state index in [4.69, 9.17) is 21.4 Å². The highest BCUT2D eigenvalue weighted by atomic mass is 35.5. The molecule has 3 fully saturated rings. The average Bonchev–Trinajstić information content (AvgIpc) is 3.01. The summed E-state index contributed by atoms with van der Waals surface area (Å²) in [6.45, 7) is 3.09. The van der Waals surface area contributed by atoms with E-state index in [1.807, 2.05) is 0 Å². The van der Waals surface area contributed by atoms with E-state index >= 15 is 0 Å². The van der Waals surface area contributed by atoms with Gasteiger partial charge in [-0.2, -0.15) is 0 Å². The molecule has 2 saturated heterocycles. The highest BCUT2D eigenvalue weighted by Gasteiger charge is 2.37. The first-order valence-corrected chi connectivity index (χ1v) is 16.4. The van der Waals surface area contributed by atoms with Crippen LogP contribution in [0.4, 0.5) is 10.3 Å². The number of nitrogens with zero attached hydrogens (tertiary/aromatic N) is 4. The maximum absolute atomic E-state index is 14.8. The molecule has 2 aromatic rings. The molecule has 1 amide bonds. The van der Waals surface area contributed by atoms with Gasteiger partial charge in [0, 0.05) is 51.3 Å². The average molecular weight is 666 g/mol. The summed E-state index contributed by atoms with van der Waals surface area (Å²) in [6, 6.07) is 4.68. The molecule has 0 spiro atoms. The first-order chi connectivity index (χ1) is 22.1. The quantitative estimate of drug-likeness (QED) is 0.158. The minimum atomic E-state index is -1.67. The first-order valence-electron chi connectivity index (χ1n) is 16.1. The zero-order chi connectivity index (χ0) is 32.8. The summed E-state index contributed by atoms with van der Waals surface area (Å²) in [6.07, 6.45) is 1.49. The molecule has 14 heteroatoms. The molecule has 254 valence electrons. The van der Waals surface area contributed by atoms with Crippen molar-refractivity contribution in [2.24, 2.45) is 23.7 Å². The van der Waals surface area contributed by atoms with Crippen molar-refractivity contribution < 1.29 is 39.5 Å². The van der Waals surface area contributed by atoms with Gasteiger partial charge >= 0.3 is 0 Å². The Hall–Kier alpha value is -2.65. The smallest absolute Gasteiger partial charge is 0.227 e. The van der Waals surface area contributed by atoms with Gasteiger partial charge in [-0.05, 0) is 55.1 Å². The van der Waals surface area contributed by atoms with Crippen LogP contribution in [0.3, 0.4) is 0 Å². The number of aliphatic hydroxyl groups excluding tert-OH is 5. The molecule has 12 nitrogen and oxygen atoms in total. The maximum atomic E-state index is 14.8. The van der Waals surface area contributed by atoms with Crippen molar-refractivity contribution in [3.05, 3.63) is 47.0 Å². The number of carbonyl (C=O) groups is 1. The van der Waals surface area contributed by atoms with Crippen LogP contribution in [0.1, 0.15) is 31.2 Å². The summed E-state index contributed by atoms with van der Waals surface area (Å²) < 4.78 is 20.8. The molecule has 1 saturated carbocycles. The lowest BCUT2D eigenvalue weighted by molar-refractivity contribution is -0.136. The van der Waals surface area contributed by atoms with E-state index in [9.17, 15) is 29.6 Å². The Bertz CT molecular complexity index is 1280. The molecule has 4 unspecified atom stereocenters. The van der Waals surface area contributed by atoms with Crippen LogP contribution in [0.5, 0.6) is 5.75 Å². The van der Waals surface area contributed by atoms with Crippen molar-refractivity contribution in [3.63, 3.8) is 0 Å². The fourth-order valence-corrected chi connectivity index (χ4v) is 6.72. The van der Waals surface area contributed by atoms with Crippen LogP contribution in [-0.2, 0) is 11.2 Å². The highest BCUT2D eigenvalue weighted by molar-refractivity contribution is 6.30. The predicted molar refractivity (Wildman–Crippen MR) is 168 cm³/mol. The standard InChI is InChI=1S/C32H45ClFN5O7/c33-24-12-36-32(37-13-24)38-5-3-21(4-6-38)23-7-19(8-23)18-46-25-2-1-22(26(34)10-25)9-29(43)39-15-20(16-39)11-35-14-27(41)30(44)31(45)28(42)17-40/h1-2,10,12-13,19-21,23,27-28,30-31,35,40-42,44-45H,3-9,11,14-18H2. The van der Waals surface area contributed by atoms with Gasteiger partial charge in [-0.15, -0.1) is 0 Å². The van der Waals surface area contributed by atoms with Crippen molar-refractivity contribution in [2.75, 3.05) is 57.4 Å². The molecule has 5 rings (SSSR count). The fraction of sp³-hybridized carbons (Fsp3) is 0.656. The van der Waals surface area contributed by atoms with Crippen molar-refractivity contribution in [2.45, 2.75) is 56.5 Å². The van der Waals surface area contributed by atoms with Gasteiger partial charge in [-0.25, -0.2) is 14.4 Å². The summed E-state index contributed by atoms with van der Waals surface area (Å²) >= 11 is 5.90. The minimum Gasteiger partial charge on any atom is -0.493 e. The Morgan fingerprint density at radius 3 is 2.35 bits per heavy atom. The van der Waals surface area contributed by atoms with Crippen LogP contribution in [-0.4, -0.2) is 123 Å². The van der Waals surface area contributed by atoms with Crippen molar-refractivity contribution in [3.8, 4) is 5.75 Å². The van der Waals surface area contributed by atoms with E-state index in [2.05, 4.69) is 20.2 Å². The molecule has 0 bridgehead atoms. The number of halogens is 2. The van der Waals surface area contributed by atoms with Crippen LogP contribution < -0.4 is 15.0 Å². The Labute approximate surface area is 273 Å². The Morgan fingerprint density at radius 1 is 1.02 bits per heavy atom. The zero-order valence-corrected chi connectivity index (χ0v) is 26.6. The molecule has 1 aromatic carbocycles. The van der Waals surface area contributed by atoms with E-state index in [1.165, 1.54) is 6.07 Å². The van der Waals surface area contributed by atoms with Crippen LogP contribution >= 0.6 is 11.6 Å². The number of rotatable bonds is 15. The second-order valence-corrected chi connectivity index (χ2v) is 13.4. The number of hydrogen-bond acceptors (Lipinski definition) is 11. The molecule has 2 aliphatic heterocycles. The number of hydrogen-bond donors (Lipinski definition) is 6. The summed E-state index contributed by atoms with van der Waals surface area (Å²) in [4.78, 5) is 25.2. The van der Waals surface area contributed by atoms with Crippen molar-refractivity contribution >= 4 is 23.5 Å². The third-order valence-corrected chi connectivity index (χ3v) is 9.84. The molecule has 3 heterocycles. The lowest BCUT2D eigenvalue weighted by atomic mass is 9.66. The van der Waals surface area contributed by atoms with Crippen molar-refractivity contribution in [1.29, 1.82) is 0 Å². The summed E-state index contributed by atoms with van der Waals surface area (Å²) in [5.41, 5.74) is 0.318.